The van der Waals surface area contributed by atoms with Crippen LogP contribution in [0.2, 0.25) is 0 Å². The lowest BCUT2D eigenvalue weighted by Gasteiger charge is -2.17. The Morgan fingerprint density at radius 3 is 2.30 bits per heavy atom. The van der Waals surface area contributed by atoms with Gasteiger partial charge in [0.25, 0.3) is 5.91 Å². The van der Waals surface area contributed by atoms with Crippen LogP contribution in [0.4, 0.5) is 4.39 Å². The van der Waals surface area contributed by atoms with Crippen LogP contribution in [0.3, 0.4) is 0 Å². The molecule has 100 valence electrons. The van der Waals surface area contributed by atoms with E-state index in [2.05, 4.69) is 0 Å². The quantitative estimate of drug-likeness (QED) is 0.859. The highest BCUT2D eigenvalue weighted by Gasteiger charge is 2.11. The predicted molar refractivity (Wildman–Crippen MR) is 73.4 cm³/mol. The fraction of sp³-hybridized carbons (Fsp3) is 0.125. The summed E-state index contributed by atoms with van der Waals surface area (Å²) in [5, 5.41) is 8.72. The van der Waals surface area contributed by atoms with Crippen molar-refractivity contribution in [1.82, 2.24) is 4.90 Å². The molecule has 0 fully saturated rings. The van der Waals surface area contributed by atoms with Gasteiger partial charge in [-0.2, -0.15) is 5.26 Å². The van der Waals surface area contributed by atoms with Crippen LogP contribution in [0.15, 0.2) is 48.5 Å². The van der Waals surface area contributed by atoms with Crippen LogP contribution in [0.25, 0.3) is 0 Å². The second-order valence-electron chi connectivity index (χ2n) is 4.48. The van der Waals surface area contributed by atoms with Crippen LogP contribution in [0, 0.1) is 17.1 Å². The molecular weight excluding hydrogens is 255 g/mol. The third kappa shape index (κ3) is 3.21. The maximum atomic E-state index is 12.8. The Kier molecular flexibility index (Phi) is 4.11. The number of amides is 1. The van der Waals surface area contributed by atoms with Gasteiger partial charge in [0.15, 0.2) is 0 Å². The minimum absolute atomic E-state index is 0.172. The number of hydrogen-bond acceptors (Lipinski definition) is 2. The van der Waals surface area contributed by atoms with Crippen LogP contribution < -0.4 is 0 Å². The van der Waals surface area contributed by atoms with Crippen LogP contribution in [0.1, 0.15) is 21.5 Å². The van der Waals surface area contributed by atoms with Crippen molar-refractivity contribution in [1.29, 1.82) is 5.26 Å². The Balaban J connectivity index is 2.07. The molecule has 20 heavy (non-hydrogen) atoms. The predicted octanol–water partition coefficient (Wildman–Crippen LogP) is 2.97. The molecule has 0 aromatic heterocycles. The zero-order valence-corrected chi connectivity index (χ0v) is 11.0. The van der Waals surface area contributed by atoms with E-state index in [1.54, 1.807) is 24.1 Å². The van der Waals surface area contributed by atoms with Gasteiger partial charge >= 0.3 is 0 Å². The molecule has 0 bridgehead atoms. The lowest BCUT2D eigenvalue weighted by Crippen LogP contribution is -2.26. The first kappa shape index (κ1) is 13.8. The number of carbonyl (C=O) groups is 1. The van der Waals surface area contributed by atoms with E-state index in [-0.39, 0.29) is 11.7 Å². The molecule has 0 aliphatic rings. The van der Waals surface area contributed by atoms with Crippen LogP contribution in [-0.4, -0.2) is 17.9 Å². The molecule has 0 unspecified atom stereocenters. The molecule has 0 radical (unpaired) electrons. The molecule has 0 spiro atoms. The van der Waals surface area contributed by atoms with Crippen molar-refractivity contribution in [3.05, 3.63) is 71.0 Å². The first-order valence-electron chi connectivity index (χ1n) is 6.10. The van der Waals surface area contributed by atoms with Crippen molar-refractivity contribution in [3.63, 3.8) is 0 Å². The Hall–Kier alpha value is -2.67. The Labute approximate surface area is 116 Å². The zero-order chi connectivity index (χ0) is 14.5. The first-order valence-corrected chi connectivity index (χ1v) is 6.10. The SMILES string of the molecule is CN(Cc1ccc(C#N)cc1)C(=O)c1ccc(F)cc1. The molecule has 0 aliphatic carbocycles. The van der Waals surface area contributed by atoms with Gasteiger partial charge in [-0.3, -0.25) is 4.79 Å². The standard InChI is InChI=1S/C16H13FN2O/c1-19(11-13-4-2-12(10-18)3-5-13)16(20)14-6-8-15(17)9-7-14/h2-9H,11H2,1H3. The number of carbonyl (C=O) groups excluding carboxylic acids is 1. The molecule has 2 aromatic rings. The van der Waals surface area contributed by atoms with Gasteiger partial charge in [0.05, 0.1) is 11.6 Å². The smallest absolute Gasteiger partial charge is 0.253 e. The van der Waals surface area contributed by atoms with Crippen molar-refractivity contribution >= 4 is 5.91 Å². The van der Waals surface area contributed by atoms with Crippen molar-refractivity contribution < 1.29 is 9.18 Å². The van der Waals surface area contributed by atoms with E-state index in [1.165, 1.54) is 24.3 Å². The minimum Gasteiger partial charge on any atom is -0.337 e. The maximum absolute atomic E-state index is 12.8. The van der Waals surface area contributed by atoms with Crippen molar-refractivity contribution in [2.45, 2.75) is 6.54 Å². The first-order chi connectivity index (χ1) is 9.60. The summed E-state index contributed by atoms with van der Waals surface area (Å²) in [6.07, 6.45) is 0. The van der Waals surface area contributed by atoms with Gasteiger partial charge in [0.1, 0.15) is 5.82 Å². The highest BCUT2D eigenvalue weighted by Crippen LogP contribution is 2.10. The van der Waals surface area contributed by atoms with Gasteiger partial charge in [-0.05, 0) is 42.0 Å². The minimum atomic E-state index is -0.365. The van der Waals surface area contributed by atoms with Gasteiger partial charge in [-0.25, -0.2) is 4.39 Å². The molecule has 1 amide bonds. The number of benzene rings is 2. The van der Waals surface area contributed by atoms with E-state index in [9.17, 15) is 9.18 Å². The van der Waals surface area contributed by atoms with E-state index in [1.807, 2.05) is 18.2 Å². The van der Waals surface area contributed by atoms with Crippen LogP contribution >= 0.6 is 0 Å². The fourth-order valence-electron chi connectivity index (χ4n) is 1.84. The van der Waals surface area contributed by atoms with Gasteiger partial charge in [-0.15, -0.1) is 0 Å². The number of halogens is 1. The zero-order valence-electron chi connectivity index (χ0n) is 11.0. The van der Waals surface area contributed by atoms with Crippen molar-refractivity contribution in [2.75, 3.05) is 7.05 Å². The molecule has 3 nitrogen and oxygen atoms in total. The van der Waals surface area contributed by atoms with Crippen molar-refractivity contribution in [2.24, 2.45) is 0 Å². The molecule has 2 aromatic carbocycles. The number of nitrogens with zero attached hydrogens (tertiary/aromatic N) is 2. The molecule has 4 heteroatoms. The Morgan fingerprint density at radius 1 is 1.15 bits per heavy atom. The monoisotopic (exact) mass is 268 g/mol. The highest BCUT2D eigenvalue weighted by molar-refractivity contribution is 5.93. The molecule has 2 rings (SSSR count). The van der Waals surface area contributed by atoms with Gasteiger partial charge < -0.3 is 4.90 Å². The second kappa shape index (κ2) is 5.98. The lowest BCUT2D eigenvalue weighted by molar-refractivity contribution is 0.0785. The van der Waals surface area contributed by atoms with E-state index >= 15 is 0 Å². The summed E-state index contributed by atoms with van der Waals surface area (Å²) < 4.78 is 12.8. The average molecular weight is 268 g/mol. The van der Waals surface area contributed by atoms with E-state index in [4.69, 9.17) is 5.26 Å². The summed E-state index contributed by atoms with van der Waals surface area (Å²) in [6, 6.07) is 14.6. The molecule has 0 saturated heterocycles. The largest absolute Gasteiger partial charge is 0.337 e. The van der Waals surface area contributed by atoms with Gasteiger partial charge in [-0.1, -0.05) is 12.1 Å². The van der Waals surface area contributed by atoms with Gasteiger partial charge in [0.2, 0.25) is 0 Å². The Morgan fingerprint density at radius 2 is 1.75 bits per heavy atom. The molecule has 0 atom stereocenters. The highest BCUT2D eigenvalue weighted by atomic mass is 19.1. The number of hydrogen-bond donors (Lipinski definition) is 0. The number of rotatable bonds is 3. The normalized spacial score (nSPS) is 9.85. The summed E-state index contributed by atoms with van der Waals surface area (Å²) >= 11 is 0. The third-order valence-corrected chi connectivity index (χ3v) is 2.94. The fourth-order valence-corrected chi connectivity index (χ4v) is 1.84. The topological polar surface area (TPSA) is 44.1 Å². The molecular formula is C16H13FN2O. The summed E-state index contributed by atoms with van der Waals surface area (Å²) in [6.45, 7) is 0.432. The maximum Gasteiger partial charge on any atom is 0.253 e. The molecule has 0 N–H and O–H groups in total. The van der Waals surface area contributed by atoms with E-state index in [0.717, 1.165) is 5.56 Å². The molecule has 0 aliphatic heterocycles. The van der Waals surface area contributed by atoms with Crippen molar-refractivity contribution in [3.8, 4) is 6.07 Å². The lowest BCUT2D eigenvalue weighted by atomic mass is 10.1. The Bertz CT molecular complexity index is 642. The third-order valence-electron chi connectivity index (χ3n) is 2.94. The van der Waals surface area contributed by atoms with Crippen LogP contribution in [-0.2, 0) is 6.54 Å². The average Bonchev–Trinajstić information content (AvgIpc) is 2.48. The summed E-state index contributed by atoms with van der Waals surface area (Å²) in [4.78, 5) is 13.7. The van der Waals surface area contributed by atoms with Gasteiger partial charge in [0, 0.05) is 19.2 Å². The van der Waals surface area contributed by atoms with E-state index < -0.39 is 0 Å². The van der Waals surface area contributed by atoms with Crippen LogP contribution in [0.5, 0.6) is 0 Å². The summed E-state index contributed by atoms with van der Waals surface area (Å²) in [5.41, 5.74) is 1.96. The number of nitriles is 1. The molecule has 0 heterocycles. The second-order valence-corrected chi connectivity index (χ2v) is 4.48. The summed E-state index contributed by atoms with van der Waals surface area (Å²) in [7, 11) is 1.68. The summed E-state index contributed by atoms with van der Waals surface area (Å²) in [5.74, 6) is -0.536. The van der Waals surface area contributed by atoms with E-state index in [0.29, 0.717) is 17.7 Å². The molecule has 0 saturated carbocycles.